The van der Waals surface area contributed by atoms with Gasteiger partial charge in [0, 0.05) is 38.3 Å². The van der Waals surface area contributed by atoms with Gasteiger partial charge in [0.25, 0.3) is 0 Å². The van der Waals surface area contributed by atoms with Crippen LogP contribution in [0.25, 0.3) is 0 Å². The fourth-order valence-electron chi connectivity index (χ4n) is 2.67. The molecule has 17 heavy (non-hydrogen) atoms. The van der Waals surface area contributed by atoms with Gasteiger partial charge in [0.15, 0.2) is 0 Å². The van der Waals surface area contributed by atoms with Crippen LogP contribution in [0.4, 0.5) is 0 Å². The molecule has 1 fully saturated rings. The van der Waals surface area contributed by atoms with Crippen molar-refractivity contribution in [2.24, 2.45) is 5.73 Å². The zero-order chi connectivity index (χ0) is 12.7. The molecule has 1 aliphatic rings. The molecule has 0 amide bonds. The first-order valence-corrected chi connectivity index (χ1v) is 7.26. The van der Waals surface area contributed by atoms with Gasteiger partial charge >= 0.3 is 0 Å². The molecule has 0 saturated carbocycles. The Morgan fingerprint density at radius 2 is 1.71 bits per heavy atom. The summed E-state index contributed by atoms with van der Waals surface area (Å²) in [5.41, 5.74) is 6.26. The number of piperazine rings is 1. The van der Waals surface area contributed by atoms with Crippen LogP contribution in [0.2, 0.25) is 0 Å². The van der Waals surface area contributed by atoms with E-state index in [1.807, 2.05) is 0 Å². The largest absolute Gasteiger partial charge is 0.329 e. The standard InChI is InChI=1S/C14H31N3/c1-4-5-6-7-8-14(2,13-15)17-11-9-16(3)10-12-17/h4-13,15H2,1-3H3. The molecule has 2 N–H and O–H groups in total. The van der Waals surface area contributed by atoms with Gasteiger partial charge in [-0.25, -0.2) is 0 Å². The zero-order valence-electron chi connectivity index (χ0n) is 12.0. The molecular weight excluding hydrogens is 210 g/mol. The summed E-state index contributed by atoms with van der Waals surface area (Å²) in [5, 5.41) is 0. The van der Waals surface area contributed by atoms with Crippen LogP contribution < -0.4 is 5.73 Å². The molecule has 0 aromatic carbocycles. The van der Waals surface area contributed by atoms with Crippen LogP contribution >= 0.6 is 0 Å². The normalized spacial score (nSPS) is 22.6. The fourth-order valence-corrected chi connectivity index (χ4v) is 2.67. The number of unbranched alkanes of at least 4 members (excludes halogenated alkanes) is 3. The lowest BCUT2D eigenvalue weighted by Crippen LogP contribution is -2.58. The minimum Gasteiger partial charge on any atom is -0.329 e. The third-order valence-corrected chi connectivity index (χ3v) is 4.28. The Morgan fingerprint density at radius 1 is 1.06 bits per heavy atom. The van der Waals surface area contributed by atoms with Crippen molar-refractivity contribution in [2.45, 2.75) is 51.5 Å². The Morgan fingerprint density at radius 3 is 2.24 bits per heavy atom. The molecule has 102 valence electrons. The number of nitrogens with zero attached hydrogens (tertiary/aromatic N) is 2. The Kier molecular flexibility index (Phi) is 6.45. The molecule has 1 heterocycles. The number of likely N-dealkylation sites (N-methyl/N-ethyl adjacent to an activating group) is 1. The summed E-state index contributed by atoms with van der Waals surface area (Å²) >= 11 is 0. The Balaban J connectivity index is 2.38. The molecule has 0 aromatic heterocycles. The maximum atomic E-state index is 6.03. The summed E-state index contributed by atoms with van der Waals surface area (Å²) in [6, 6.07) is 0. The van der Waals surface area contributed by atoms with Crippen molar-refractivity contribution in [3.8, 4) is 0 Å². The molecule has 1 atom stereocenters. The molecule has 0 bridgehead atoms. The van der Waals surface area contributed by atoms with Crippen molar-refractivity contribution in [2.75, 3.05) is 39.8 Å². The smallest absolute Gasteiger partial charge is 0.0304 e. The fraction of sp³-hybridized carbons (Fsp3) is 1.00. The predicted molar refractivity (Wildman–Crippen MR) is 75.3 cm³/mol. The van der Waals surface area contributed by atoms with E-state index in [0.717, 1.165) is 6.54 Å². The lowest BCUT2D eigenvalue weighted by atomic mass is 9.91. The lowest BCUT2D eigenvalue weighted by molar-refractivity contribution is 0.0486. The van der Waals surface area contributed by atoms with Gasteiger partial charge < -0.3 is 10.6 Å². The molecule has 3 nitrogen and oxygen atoms in total. The van der Waals surface area contributed by atoms with E-state index >= 15 is 0 Å². The van der Waals surface area contributed by atoms with E-state index in [0.29, 0.717) is 0 Å². The molecule has 0 aliphatic carbocycles. The molecule has 0 radical (unpaired) electrons. The second kappa shape index (κ2) is 7.34. The second-order valence-electron chi connectivity index (χ2n) is 5.80. The van der Waals surface area contributed by atoms with Crippen molar-refractivity contribution >= 4 is 0 Å². The summed E-state index contributed by atoms with van der Waals surface area (Å²) < 4.78 is 0. The van der Waals surface area contributed by atoms with E-state index in [-0.39, 0.29) is 5.54 Å². The molecule has 0 aromatic rings. The van der Waals surface area contributed by atoms with Crippen LogP contribution in [0.1, 0.15) is 46.0 Å². The number of rotatable bonds is 7. The molecule has 0 spiro atoms. The molecule has 1 saturated heterocycles. The first-order valence-electron chi connectivity index (χ1n) is 7.26. The highest BCUT2D eigenvalue weighted by atomic mass is 15.3. The maximum absolute atomic E-state index is 6.03. The van der Waals surface area contributed by atoms with Gasteiger partial charge in [0.05, 0.1) is 0 Å². The van der Waals surface area contributed by atoms with E-state index in [2.05, 4.69) is 30.7 Å². The molecule has 1 aliphatic heterocycles. The Labute approximate surface area is 107 Å². The van der Waals surface area contributed by atoms with E-state index < -0.39 is 0 Å². The van der Waals surface area contributed by atoms with Gasteiger partial charge in [0.1, 0.15) is 0 Å². The zero-order valence-corrected chi connectivity index (χ0v) is 12.0. The summed E-state index contributed by atoms with van der Waals surface area (Å²) in [6.07, 6.45) is 6.62. The van der Waals surface area contributed by atoms with E-state index in [9.17, 15) is 0 Å². The van der Waals surface area contributed by atoms with Crippen molar-refractivity contribution in [1.29, 1.82) is 0 Å². The maximum Gasteiger partial charge on any atom is 0.0304 e. The summed E-state index contributed by atoms with van der Waals surface area (Å²) in [4.78, 5) is 5.02. The topological polar surface area (TPSA) is 32.5 Å². The van der Waals surface area contributed by atoms with E-state index in [1.165, 1.54) is 58.3 Å². The van der Waals surface area contributed by atoms with E-state index in [4.69, 9.17) is 5.73 Å². The summed E-state index contributed by atoms with van der Waals surface area (Å²) in [5.74, 6) is 0. The van der Waals surface area contributed by atoms with Crippen molar-refractivity contribution < 1.29 is 0 Å². The minimum atomic E-state index is 0.231. The van der Waals surface area contributed by atoms with Gasteiger partial charge in [-0.05, 0) is 20.4 Å². The third-order valence-electron chi connectivity index (χ3n) is 4.28. The predicted octanol–water partition coefficient (Wildman–Crippen LogP) is 1.92. The highest BCUT2D eigenvalue weighted by Gasteiger charge is 2.31. The Bertz CT molecular complexity index is 200. The van der Waals surface area contributed by atoms with Crippen molar-refractivity contribution in [3.05, 3.63) is 0 Å². The van der Waals surface area contributed by atoms with Gasteiger partial charge in [0.2, 0.25) is 0 Å². The average molecular weight is 241 g/mol. The monoisotopic (exact) mass is 241 g/mol. The first-order chi connectivity index (χ1) is 8.12. The number of hydrogen-bond acceptors (Lipinski definition) is 3. The highest BCUT2D eigenvalue weighted by molar-refractivity contribution is 4.89. The molecule has 3 heteroatoms. The van der Waals surface area contributed by atoms with E-state index in [1.54, 1.807) is 0 Å². The van der Waals surface area contributed by atoms with Crippen LogP contribution in [0.3, 0.4) is 0 Å². The second-order valence-corrected chi connectivity index (χ2v) is 5.80. The highest BCUT2D eigenvalue weighted by Crippen LogP contribution is 2.23. The van der Waals surface area contributed by atoms with Gasteiger partial charge in [-0.2, -0.15) is 0 Å². The Hall–Kier alpha value is -0.120. The van der Waals surface area contributed by atoms with Crippen LogP contribution in [0, 0.1) is 0 Å². The van der Waals surface area contributed by atoms with Crippen LogP contribution in [-0.4, -0.2) is 55.1 Å². The quantitative estimate of drug-likeness (QED) is 0.691. The van der Waals surface area contributed by atoms with Crippen LogP contribution in [0.5, 0.6) is 0 Å². The summed E-state index contributed by atoms with van der Waals surface area (Å²) in [7, 11) is 2.21. The minimum absolute atomic E-state index is 0.231. The molecular formula is C14H31N3. The lowest BCUT2D eigenvalue weighted by Gasteiger charge is -2.45. The summed E-state index contributed by atoms with van der Waals surface area (Å²) in [6.45, 7) is 10.1. The van der Waals surface area contributed by atoms with Crippen LogP contribution in [0.15, 0.2) is 0 Å². The molecule has 1 unspecified atom stereocenters. The number of hydrogen-bond donors (Lipinski definition) is 1. The average Bonchev–Trinajstić information content (AvgIpc) is 2.35. The van der Waals surface area contributed by atoms with Crippen LogP contribution in [-0.2, 0) is 0 Å². The van der Waals surface area contributed by atoms with Crippen molar-refractivity contribution in [1.82, 2.24) is 9.80 Å². The first kappa shape index (κ1) is 14.9. The van der Waals surface area contributed by atoms with Gasteiger partial charge in [-0.3, -0.25) is 4.90 Å². The number of nitrogens with two attached hydrogens (primary N) is 1. The van der Waals surface area contributed by atoms with Gasteiger partial charge in [-0.1, -0.05) is 32.6 Å². The van der Waals surface area contributed by atoms with Crippen molar-refractivity contribution in [3.63, 3.8) is 0 Å². The SMILES string of the molecule is CCCCCCC(C)(CN)N1CCN(C)CC1. The van der Waals surface area contributed by atoms with Gasteiger partial charge in [-0.15, -0.1) is 0 Å². The molecule has 1 rings (SSSR count). The third kappa shape index (κ3) is 4.57.